The second-order valence-electron chi connectivity index (χ2n) is 7.47. The largest absolute Gasteiger partial charge is 0.363 e. The molecule has 0 bridgehead atoms. The maximum Gasteiger partial charge on any atom is 0.301 e. The van der Waals surface area contributed by atoms with E-state index >= 15 is 0 Å². The molecule has 0 unspecified atom stereocenters. The summed E-state index contributed by atoms with van der Waals surface area (Å²) in [5.74, 6) is 0.205. The van der Waals surface area contributed by atoms with Crippen LogP contribution < -0.4 is 4.90 Å². The van der Waals surface area contributed by atoms with E-state index in [2.05, 4.69) is 9.88 Å². The lowest BCUT2D eigenvalue weighted by molar-refractivity contribution is -0.382. The third-order valence-electron chi connectivity index (χ3n) is 5.70. The van der Waals surface area contributed by atoms with E-state index in [4.69, 9.17) is 0 Å². The number of hydrogen-bond acceptors (Lipinski definition) is 6. The monoisotopic (exact) mass is 383 g/mol. The Morgan fingerprint density at radius 2 is 1.79 bits per heavy atom. The molecule has 2 aliphatic rings. The molecular weight excluding hydrogens is 358 g/mol. The minimum absolute atomic E-state index is 0.114. The van der Waals surface area contributed by atoms with Gasteiger partial charge in [0.2, 0.25) is 5.91 Å². The molecule has 0 aliphatic carbocycles. The van der Waals surface area contributed by atoms with Crippen molar-refractivity contribution in [1.82, 2.24) is 14.8 Å². The van der Waals surface area contributed by atoms with Crippen LogP contribution in [-0.4, -0.2) is 71.4 Å². The number of pyridine rings is 1. The van der Waals surface area contributed by atoms with Crippen molar-refractivity contribution >= 4 is 28.2 Å². The summed E-state index contributed by atoms with van der Waals surface area (Å²) in [4.78, 5) is 34.3. The summed E-state index contributed by atoms with van der Waals surface area (Å²) in [5, 5.41) is 12.3. The summed E-state index contributed by atoms with van der Waals surface area (Å²) in [6.07, 6.45) is 5.05. The molecule has 8 heteroatoms. The number of piperidine rings is 1. The van der Waals surface area contributed by atoms with Crippen molar-refractivity contribution in [2.24, 2.45) is 0 Å². The van der Waals surface area contributed by atoms with E-state index in [9.17, 15) is 14.9 Å². The molecule has 1 aromatic carbocycles. The number of hydrogen-bond donors (Lipinski definition) is 0. The van der Waals surface area contributed by atoms with Crippen molar-refractivity contribution in [2.75, 3.05) is 50.7 Å². The summed E-state index contributed by atoms with van der Waals surface area (Å²) in [7, 11) is 0. The normalized spacial score (nSPS) is 18.4. The number of nitro groups is 1. The molecule has 0 atom stereocenters. The number of fused-ring (bicyclic) bond motifs is 1. The molecule has 0 saturated carbocycles. The number of piperazine rings is 1. The van der Waals surface area contributed by atoms with Crippen LogP contribution in [0.15, 0.2) is 30.5 Å². The zero-order valence-electron chi connectivity index (χ0n) is 15.9. The predicted molar refractivity (Wildman–Crippen MR) is 107 cm³/mol. The van der Waals surface area contributed by atoms with Crippen molar-refractivity contribution in [3.8, 4) is 0 Å². The summed E-state index contributed by atoms with van der Waals surface area (Å²) in [6, 6.07) is 7.10. The minimum atomic E-state index is -0.314. The fraction of sp³-hybridized carbons (Fsp3) is 0.500. The van der Waals surface area contributed by atoms with Gasteiger partial charge in [0.15, 0.2) is 0 Å². The molecule has 0 N–H and O–H groups in total. The molecule has 2 aliphatic heterocycles. The van der Waals surface area contributed by atoms with Gasteiger partial charge in [-0.1, -0.05) is 0 Å². The highest BCUT2D eigenvalue weighted by Crippen LogP contribution is 2.35. The van der Waals surface area contributed by atoms with Crippen LogP contribution in [-0.2, 0) is 4.79 Å². The van der Waals surface area contributed by atoms with E-state index < -0.39 is 0 Å². The fourth-order valence-electron chi connectivity index (χ4n) is 4.15. The summed E-state index contributed by atoms with van der Waals surface area (Å²) in [5.41, 5.74) is 1.37. The van der Waals surface area contributed by atoms with E-state index in [-0.39, 0.29) is 16.5 Å². The minimum Gasteiger partial charge on any atom is -0.363 e. The first-order valence-electron chi connectivity index (χ1n) is 9.91. The summed E-state index contributed by atoms with van der Waals surface area (Å²) >= 11 is 0. The Labute approximate surface area is 163 Å². The van der Waals surface area contributed by atoms with E-state index in [0.717, 1.165) is 39.0 Å². The van der Waals surface area contributed by atoms with E-state index in [1.165, 1.54) is 6.42 Å². The highest BCUT2D eigenvalue weighted by Gasteiger charge is 2.27. The Kier molecular flexibility index (Phi) is 5.38. The topological polar surface area (TPSA) is 82.8 Å². The smallest absolute Gasteiger partial charge is 0.301 e. The molecule has 2 fully saturated rings. The highest BCUT2D eigenvalue weighted by atomic mass is 16.6. The summed E-state index contributed by atoms with van der Waals surface area (Å²) in [6.45, 7) is 4.97. The molecule has 2 saturated heterocycles. The first kappa shape index (κ1) is 18.6. The molecule has 0 spiro atoms. The molecule has 28 heavy (non-hydrogen) atoms. The van der Waals surface area contributed by atoms with Crippen molar-refractivity contribution in [2.45, 2.75) is 19.3 Å². The van der Waals surface area contributed by atoms with Gasteiger partial charge < -0.3 is 9.80 Å². The molecule has 3 heterocycles. The van der Waals surface area contributed by atoms with Crippen LogP contribution >= 0.6 is 0 Å². The first-order chi connectivity index (χ1) is 13.6. The molecule has 8 nitrogen and oxygen atoms in total. The van der Waals surface area contributed by atoms with Crippen LogP contribution in [0.2, 0.25) is 0 Å². The van der Waals surface area contributed by atoms with Gasteiger partial charge in [0, 0.05) is 45.5 Å². The number of aromatic nitrogens is 1. The maximum atomic E-state index is 12.5. The lowest BCUT2D eigenvalue weighted by Gasteiger charge is -2.37. The molecule has 1 aromatic heterocycles. The van der Waals surface area contributed by atoms with Crippen LogP contribution in [0.25, 0.3) is 10.9 Å². The predicted octanol–water partition coefficient (Wildman–Crippen LogP) is 2.28. The number of nitrogens with zero attached hydrogens (tertiary/aromatic N) is 5. The SMILES string of the molecule is O=C(CN1CCN(c2ccc3ncccc3c2[N+](=O)[O-])CC1)N1CCCCC1. The van der Waals surface area contributed by atoms with Gasteiger partial charge in [-0.15, -0.1) is 0 Å². The van der Waals surface area contributed by atoms with Gasteiger partial charge in [0.1, 0.15) is 5.69 Å². The second-order valence-corrected chi connectivity index (χ2v) is 7.47. The molecule has 1 amide bonds. The van der Waals surface area contributed by atoms with E-state index in [1.807, 2.05) is 15.9 Å². The van der Waals surface area contributed by atoms with Gasteiger partial charge in [-0.25, -0.2) is 0 Å². The highest BCUT2D eigenvalue weighted by molar-refractivity contribution is 5.94. The van der Waals surface area contributed by atoms with Gasteiger partial charge in [0.25, 0.3) is 0 Å². The Morgan fingerprint density at radius 1 is 1.04 bits per heavy atom. The molecule has 148 valence electrons. The van der Waals surface area contributed by atoms with Gasteiger partial charge in [-0.05, 0) is 43.5 Å². The van der Waals surface area contributed by atoms with Gasteiger partial charge in [0.05, 0.1) is 22.4 Å². The number of rotatable bonds is 4. The zero-order chi connectivity index (χ0) is 19.5. The van der Waals surface area contributed by atoms with Crippen molar-refractivity contribution < 1.29 is 9.72 Å². The average molecular weight is 383 g/mol. The van der Waals surface area contributed by atoms with Crippen LogP contribution in [0.1, 0.15) is 19.3 Å². The number of amides is 1. The quantitative estimate of drug-likeness (QED) is 0.595. The zero-order valence-corrected chi connectivity index (χ0v) is 15.9. The molecule has 2 aromatic rings. The third-order valence-corrected chi connectivity index (χ3v) is 5.70. The maximum absolute atomic E-state index is 12.5. The van der Waals surface area contributed by atoms with Crippen LogP contribution in [0.4, 0.5) is 11.4 Å². The fourth-order valence-corrected chi connectivity index (χ4v) is 4.15. The van der Waals surface area contributed by atoms with Crippen molar-refractivity contribution in [1.29, 1.82) is 0 Å². The molecular formula is C20H25N5O3. The number of nitro benzene ring substituents is 1. The number of benzene rings is 1. The van der Waals surface area contributed by atoms with Crippen LogP contribution in [0.5, 0.6) is 0 Å². The number of anilines is 1. The van der Waals surface area contributed by atoms with E-state index in [0.29, 0.717) is 36.2 Å². The number of carbonyl (C=O) groups is 1. The van der Waals surface area contributed by atoms with Gasteiger partial charge in [-0.3, -0.25) is 24.8 Å². The van der Waals surface area contributed by atoms with Crippen LogP contribution in [0, 0.1) is 10.1 Å². The number of carbonyl (C=O) groups excluding carboxylic acids is 1. The lowest BCUT2D eigenvalue weighted by Crippen LogP contribution is -2.50. The molecule has 0 radical (unpaired) electrons. The molecule has 4 rings (SSSR count). The average Bonchev–Trinajstić information content (AvgIpc) is 2.74. The Balaban J connectivity index is 1.44. The van der Waals surface area contributed by atoms with Crippen molar-refractivity contribution in [3.05, 3.63) is 40.6 Å². The summed E-state index contributed by atoms with van der Waals surface area (Å²) < 4.78 is 0. The van der Waals surface area contributed by atoms with Gasteiger partial charge in [-0.2, -0.15) is 0 Å². The first-order valence-corrected chi connectivity index (χ1v) is 9.91. The van der Waals surface area contributed by atoms with E-state index in [1.54, 1.807) is 24.4 Å². The number of likely N-dealkylation sites (tertiary alicyclic amines) is 1. The lowest BCUT2D eigenvalue weighted by atomic mass is 10.1. The Morgan fingerprint density at radius 3 is 2.50 bits per heavy atom. The van der Waals surface area contributed by atoms with Gasteiger partial charge >= 0.3 is 5.69 Å². The second kappa shape index (κ2) is 8.10. The Bertz CT molecular complexity index is 873. The van der Waals surface area contributed by atoms with Crippen molar-refractivity contribution in [3.63, 3.8) is 0 Å². The standard InChI is InChI=1S/C20H25N5O3/c26-19(24-9-2-1-3-10-24)15-22-11-13-23(14-12-22)18-7-6-17-16(5-4-8-21-17)20(18)25(27)28/h4-8H,1-3,9-15H2. The Hall–Kier alpha value is -2.74. The third kappa shape index (κ3) is 3.77. The van der Waals surface area contributed by atoms with Crippen LogP contribution in [0.3, 0.4) is 0 Å².